The number of hydrogen-bond acceptors (Lipinski definition) is 2. The third kappa shape index (κ3) is 3.80. The molecule has 2 N–H and O–H groups in total. The van der Waals surface area contributed by atoms with Gasteiger partial charge in [0, 0.05) is 0 Å². The summed E-state index contributed by atoms with van der Waals surface area (Å²) in [6.07, 6.45) is 0.864. The first kappa shape index (κ1) is 13.6. The minimum Gasteiger partial charge on any atom is -0.489 e. The Bertz CT molecular complexity index is 537. The first-order valence-electron chi connectivity index (χ1n) is 6.36. The van der Waals surface area contributed by atoms with Crippen molar-refractivity contribution in [3.8, 4) is 5.75 Å². The van der Waals surface area contributed by atoms with Gasteiger partial charge in [-0.2, -0.15) is 0 Å². The SMILES string of the molecule is Cc1ccc(F)cc1COc1ccc(CCN)cc1. The second kappa shape index (κ2) is 6.34. The van der Waals surface area contributed by atoms with E-state index in [-0.39, 0.29) is 5.82 Å². The molecule has 3 heteroatoms. The lowest BCUT2D eigenvalue weighted by atomic mass is 10.1. The Kier molecular flexibility index (Phi) is 4.53. The van der Waals surface area contributed by atoms with Crippen LogP contribution < -0.4 is 10.5 Å². The summed E-state index contributed by atoms with van der Waals surface area (Å²) < 4.78 is 18.8. The van der Waals surface area contributed by atoms with E-state index in [1.54, 1.807) is 6.07 Å². The van der Waals surface area contributed by atoms with Crippen LogP contribution in [0.25, 0.3) is 0 Å². The van der Waals surface area contributed by atoms with Crippen molar-refractivity contribution in [1.29, 1.82) is 0 Å². The molecule has 0 aliphatic carbocycles. The van der Waals surface area contributed by atoms with Gasteiger partial charge in [-0.05, 0) is 60.8 Å². The molecule has 0 amide bonds. The quantitative estimate of drug-likeness (QED) is 0.894. The molecule has 19 heavy (non-hydrogen) atoms. The monoisotopic (exact) mass is 259 g/mol. The summed E-state index contributed by atoms with van der Waals surface area (Å²) in [6.45, 7) is 2.96. The molecule has 0 heterocycles. The molecule has 0 spiro atoms. The van der Waals surface area contributed by atoms with Crippen LogP contribution in [0.1, 0.15) is 16.7 Å². The Morgan fingerprint density at radius 2 is 1.84 bits per heavy atom. The molecule has 2 aromatic rings. The third-order valence-corrected chi connectivity index (χ3v) is 3.06. The lowest BCUT2D eigenvalue weighted by Crippen LogP contribution is -2.02. The fourth-order valence-corrected chi connectivity index (χ4v) is 1.88. The highest BCUT2D eigenvalue weighted by molar-refractivity contribution is 5.29. The molecular formula is C16H18FNO. The van der Waals surface area contributed by atoms with E-state index >= 15 is 0 Å². The highest BCUT2D eigenvalue weighted by Gasteiger charge is 2.02. The normalized spacial score (nSPS) is 10.5. The van der Waals surface area contributed by atoms with E-state index in [0.717, 1.165) is 23.3 Å². The third-order valence-electron chi connectivity index (χ3n) is 3.06. The van der Waals surface area contributed by atoms with Crippen molar-refractivity contribution in [2.45, 2.75) is 20.0 Å². The van der Waals surface area contributed by atoms with E-state index in [0.29, 0.717) is 13.2 Å². The maximum atomic E-state index is 13.1. The molecule has 0 aliphatic heterocycles. The molecule has 100 valence electrons. The predicted octanol–water partition coefficient (Wildman–Crippen LogP) is 3.21. The fraction of sp³-hybridized carbons (Fsp3) is 0.250. The topological polar surface area (TPSA) is 35.2 Å². The van der Waals surface area contributed by atoms with Crippen molar-refractivity contribution in [2.75, 3.05) is 6.54 Å². The van der Waals surface area contributed by atoms with Gasteiger partial charge in [-0.15, -0.1) is 0 Å². The number of ether oxygens (including phenoxy) is 1. The van der Waals surface area contributed by atoms with Crippen LogP contribution in [0.15, 0.2) is 42.5 Å². The second-order valence-electron chi connectivity index (χ2n) is 4.54. The molecule has 2 aromatic carbocycles. The van der Waals surface area contributed by atoms with Gasteiger partial charge < -0.3 is 10.5 Å². The van der Waals surface area contributed by atoms with Gasteiger partial charge in [0.2, 0.25) is 0 Å². The standard InChI is InChI=1S/C16H18FNO/c1-12-2-5-15(17)10-14(12)11-19-16-6-3-13(4-7-16)8-9-18/h2-7,10H,8-9,11,18H2,1H3. The predicted molar refractivity (Wildman–Crippen MR) is 74.7 cm³/mol. The minimum absolute atomic E-state index is 0.234. The van der Waals surface area contributed by atoms with Gasteiger partial charge in [0.1, 0.15) is 18.2 Å². The highest BCUT2D eigenvalue weighted by atomic mass is 19.1. The Hall–Kier alpha value is -1.87. The van der Waals surface area contributed by atoms with Crippen LogP contribution in [0.2, 0.25) is 0 Å². The maximum absolute atomic E-state index is 13.1. The van der Waals surface area contributed by atoms with E-state index in [1.807, 2.05) is 31.2 Å². The smallest absolute Gasteiger partial charge is 0.123 e. The van der Waals surface area contributed by atoms with Gasteiger partial charge in [0.05, 0.1) is 0 Å². The molecule has 0 radical (unpaired) electrons. The average Bonchev–Trinajstić information content (AvgIpc) is 2.42. The minimum atomic E-state index is -0.234. The van der Waals surface area contributed by atoms with Crippen LogP contribution in [0.3, 0.4) is 0 Å². The van der Waals surface area contributed by atoms with Gasteiger partial charge in [0.25, 0.3) is 0 Å². The zero-order valence-corrected chi connectivity index (χ0v) is 11.0. The first-order valence-corrected chi connectivity index (χ1v) is 6.36. The van der Waals surface area contributed by atoms with Gasteiger partial charge in [-0.1, -0.05) is 18.2 Å². The molecule has 0 saturated heterocycles. The summed E-state index contributed by atoms with van der Waals surface area (Å²) in [5.41, 5.74) is 8.58. The van der Waals surface area contributed by atoms with Crippen molar-refractivity contribution < 1.29 is 9.13 Å². The summed E-state index contributed by atoms with van der Waals surface area (Å²) in [4.78, 5) is 0. The van der Waals surface area contributed by atoms with Gasteiger partial charge in [0.15, 0.2) is 0 Å². The molecule has 2 nitrogen and oxygen atoms in total. The number of nitrogens with two attached hydrogens (primary N) is 1. The summed E-state index contributed by atoms with van der Waals surface area (Å²) in [5, 5.41) is 0. The van der Waals surface area contributed by atoms with Gasteiger partial charge >= 0.3 is 0 Å². The van der Waals surface area contributed by atoms with Crippen molar-refractivity contribution >= 4 is 0 Å². The number of rotatable bonds is 5. The van der Waals surface area contributed by atoms with E-state index in [1.165, 1.54) is 17.7 Å². The highest BCUT2D eigenvalue weighted by Crippen LogP contribution is 2.16. The number of hydrogen-bond donors (Lipinski definition) is 1. The fourth-order valence-electron chi connectivity index (χ4n) is 1.88. The van der Waals surface area contributed by atoms with E-state index in [4.69, 9.17) is 10.5 Å². The van der Waals surface area contributed by atoms with Crippen molar-refractivity contribution in [2.24, 2.45) is 5.73 Å². The number of halogens is 1. The molecule has 2 rings (SSSR count). The Balaban J connectivity index is 2.00. The lowest BCUT2D eigenvalue weighted by molar-refractivity contribution is 0.304. The second-order valence-corrected chi connectivity index (χ2v) is 4.54. The van der Waals surface area contributed by atoms with Gasteiger partial charge in [-0.25, -0.2) is 4.39 Å². The van der Waals surface area contributed by atoms with Crippen LogP contribution in [0.5, 0.6) is 5.75 Å². The molecule has 0 aromatic heterocycles. The molecular weight excluding hydrogens is 241 g/mol. The van der Waals surface area contributed by atoms with Crippen LogP contribution >= 0.6 is 0 Å². The largest absolute Gasteiger partial charge is 0.489 e. The summed E-state index contributed by atoms with van der Waals surface area (Å²) in [7, 11) is 0. The summed E-state index contributed by atoms with van der Waals surface area (Å²) >= 11 is 0. The van der Waals surface area contributed by atoms with E-state index < -0.39 is 0 Å². The van der Waals surface area contributed by atoms with Crippen LogP contribution in [-0.2, 0) is 13.0 Å². The maximum Gasteiger partial charge on any atom is 0.123 e. The van der Waals surface area contributed by atoms with Crippen molar-refractivity contribution in [1.82, 2.24) is 0 Å². The molecule has 0 fully saturated rings. The van der Waals surface area contributed by atoms with Crippen LogP contribution in [0.4, 0.5) is 4.39 Å². The van der Waals surface area contributed by atoms with E-state index in [9.17, 15) is 4.39 Å². The number of aryl methyl sites for hydroxylation is 1. The van der Waals surface area contributed by atoms with Gasteiger partial charge in [-0.3, -0.25) is 0 Å². The zero-order chi connectivity index (χ0) is 13.7. The Morgan fingerprint density at radius 1 is 1.11 bits per heavy atom. The van der Waals surface area contributed by atoms with Crippen molar-refractivity contribution in [3.05, 3.63) is 65.0 Å². The summed E-state index contributed by atoms with van der Waals surface area (Å²) in [5.74, 6) is 0.548. The van der Waals surface area contributed by atoms with Crippen LogP contribution in [0, 0.1) is 12.7 Å². The zero-order valence-electron chi connectivity index (χ0n) is 11.0. The lowest BCUT2D eigenvalue weighted by Gasteiger charge is -2.09. The Morgan fingerprint density at radius 3 is 2.53 bits per heavy atom. The molecule has 0 bridgehead atoms. The molecule has 0 saturated carbocycles. The van der Waals surface area contributed by atoms with E-state index in [2.05, 4.69) is 0 Å². The summed E-state index contributed by atoms with van der Waals surface area (Å²) in [6, 6.07) is 12.6. The van der Waals surface area contributed by atoms with Crippen LogP contribution in [-0.4, -0.2) is 6.54 Å². The van der Waals surface area contributed by atoms with Crippen molar-refractivity contribution in [3.63, 3.8) is 0 Å². The Labute approximate surface area is 113 Å². The molecule has 0 atom stereocenters. The molecule has 0 aliphatic rings. The first-order chi connectivity index (χ1) is 9.19. The number of benzene rings is 2. The average molecular weight is 259 g/mol. The molecule has 0 unspecified atom stereocenters.